The van der Waals surface area contributed by atoms with E-state index in [0.717, 1.165) is 12.1 Å². The molecule has 0 aliphatic rings. The summed E-state index contributed by atoms with van der Waals surface area (Å²) in [5.41, 5.74) is 0.00797. The molecule has 0 saturated carbocycles. The van der Waals surface area contributed by atoms with Gasteiger partial charge >= 0.3 is 0 Å². The molecule has 1 aromatic heterocycles. The van der Waals surface area contributed by atoms with E-state index in [1.54, 1.807) is 38.0 Å². The molecule has 1 aromatic carbocycles. The lowest BCUT2D eigenvalue weighted by Gasteiger charge is -2.16. The molecule has 0 amide bonds. The number of hydrogen-bond donors (Lipinski definition) is 1. The highest BCUT2D eigenvalue weighted by molar-refractivity contribution is 7.88. The summed E-state index contributed by atoms with van der Waals surface area (Å²) < 4.78 is 53.1. The lowest BCUT2D eigenvalue weighted by atomic mass is 10.2. The number of anilines is 2. The van der Waals surface area contributed by atoms with E-state index in [0.29, 0.717) is 18.0 Å². The van der Waals surface area contributed by atoms with Crippen LogP contribution in [0.1, 0.15) is 11.4 Å². The highest BCUT2D eigenvalue weighted by Gasteiger charge is 2.16. The monoisotopic (exact) mass is 386 g/mol. The van der Waals surface area contributed by atoms with Gasteiger partial charge in [0.15, 0.2) is 5.82 Å². The number of aromatic nitrogens is 3. The Morgan fingerprint density at radius 1 is 0.923 bits per heavy atom. The molecule has 0 saturated heterocycles. The number of benzene rings is 1. The molecule has 8 nitrogen and oxygen atoms in total. The first-order valence-electron chi connectivity index (χ1n) is 7.57. The average molecular weight is 386 g/mol. The van der Waals surface area contributed by atoms with Gasteiger partial charge in [0.25, 0.3) is 0 Å². The van der Waals surface area contributed by atoms with Gasteiger partial charge in [0.2, 0.25) is 21.9 Å². The zero-order valence-electron chi connectivity index (χ0n) is 14.9. The standard InChI is InChI=1S/C15H20F2N6O2S/c1-22(2)14-19-13(20-15(21-14)23(3)4)8-18-26(24,25)9-10-5-11(16)7-12(17)6-10/h5-7,18H,8-9H2,1-4H3. The number of halogens is 2. The van der Waals surface area contributed by atoms with E-state index in [-0.39, 0.29) is 17.9 Å². The van der Waals surface area contributed by atoms with Crippen LogP contribution in [-0.4, -0.2) is 51.6 Å². The highest BCUT2D eigenvalue weighted by atomic mass is 32.2. The minimum absolute atomic E-state index is 0.00797. The summed E-state index contributed by atoms with van der Waals surface area (Å²) in [6.07, 6.45) is 0. The predicted molar refractivity (Wildman–Crippen MR) is 94.3 cm³/mol. The summed E-state index contributed by atoms with van der Waals surface area (Å²) in [7, 11) is 3.16. The number of nitrogens with zero attached hydrogens (tertiary/aromatic N) is 5. The molecule has 142 valence electrons. The van der Waals surface area contributed by atoms with Crippen molar-refractivity contribution in [2.75, 3.05) is 38.0 Å². The first-order chi connectivity index (χ1) is 12.1. The van der Waals surface area contributed by atoms with E-state index in [1.165, 1.54) is 0 Å². The van der Waals surface area contributed by atoms with Gasteiger partial charge in [-0.1, -0.05) is 0 Å². The van der Waals surface area contributed by atoms with E-state index >= 15 is 0 Å². The van der Waals surface area contributed by atoms with E-state index in [9.17, 15) is 17.2 Å². The third-order valence-electron chi connectivity index (χ3n) is 3.19. The lowest BCUT2D eigenvalue weighted by Crippen LogP contribution is -2.27. The number of sulfonamides is 1. The zero-order valence-corrected chi connectivity index (χ0v) is 15.7. The third-order valence-corrected chi connectivity index (χ3v) is 4.48. The van der Waals surface area contributed by atoms with Crippen LogP contribution in [0.5, 0.6) is 0 Å². The second-order valence-electron chi connectivity index (χ2n) is 6.00. The van der Waals surface area contributed by atoms with Gasteiger partial charge in [-0.25, -0.2) is 21.9 Å². The largest absolute Gasteiger partial charge is 0.347 e. The summed E-state index contributed by atoms with van der Waals surface area (Å²) in [5, 5.41) is 0. The van der Waals surface area contributed by atoms with Crippen LogP contribution in [0.3, 0.4) is 0 Å². The third kappa shape index (κ3) is 5.56. The van der Waals surface area contributed by atoms with Crippen LogP contribution in [-0.2, 0) is 22.3 Å². The van der Waals surface area contributed by atoms with Crippen molar-refractivity contribution in [2.24, 2.45) is 0 Å². The second kappa shape index (κ2) is 7.87. The minimum Gasteiger partial charge on any atom is -0.347 e. The van der Waals surface area contributed by atoms with Gasteiger partial charge in [-0.3, -0.25) is 0 Å². The fraction of sp³-hybridized carbons (Fsp3) is 0.400. The summed E-state index contributed by atoms with van der Waals surface area (Å²) in [4.78, 5) is 15.9. The Hall–Kier alpha value is -2.40. The molecule has 1 N–H and O–H groups in total. The van der Waals surface area contributed by atoms with Crippen molar-refractivity contribution >= 4 is 21.9 Å². The van der Waals surface area contributed by atoms with Crippen molar-refractivity contribution in [3.8, 4) is 0 Å². The first-order valence-corrected chi connectivity index (χ1v) is 9.23. The SMILES string of the molecule is CN(C)c1nc(CNS(=O)(=O)Cc2cc(F)cc(F)c2)nc(N(C)C)n1. The first kappa shape index (κ1) is 19.9. The molecule has 0 bridgehead atoms. The molecule has 26 heavy (non-hydrogen) atoms. The Balaban J connectivity index is 2.16. The molecule has 0 aliphatic heterocycles. The van der Waals surface area contributed by atoms with Gasteiger partial charge in [-0.15, -0.1) is 0 Å². The van der Waals surface area contributed by atoms with Crippen LogP contribution >= 0.6 is 0 Å². The van der Waals surface area contributed by atoms with Crippen LogP contribution in [0.4, 0.5) is 20.7 Å². The quantitative estimate of drug-likeness (QED) is 0.756. The van der Waals surface area contributed by atoms with Gasteiger partial charge in [0.05, 0.1) is 12.3 Å². The van der Waals surface area contributed by atoms with Crippen LogP contribution in [0.2, 0.25) is 0 Å². The van der Waals surface area contributed by atoms with E-state index in [4.69, 9.17) is 0 Å². The zero-order chi connectivity index (χ0) is 19.5. The molecule has 0 fully saturated rings. The normalized spacial score (nSPS) is 11.5. The van der Waals surface area contributed by atoms with Crippen LogP contribution < -0.4 is 14.5 Å². The summed E-state index contributed by atoms with van der Waals surface area (Å²) in [6, 6.07) is 2.62. The Bertz CT molecular complexity index is 843. The maximum absolute atomic E-state index is 13.2. The Labute approximate surface area is 150 Å². The Morgan fingerprint density at radius 3 is 1.88 bits per heavy atom. The van der Waals surface area contributed by atoms with Crippen LogP contribution in [0.25, 0.3) is 0 Å². The number of nitrogens with one attached hydrogen (secondary N) is 1. The summed E-state index contributed by atoms with van der Waals surface area (Å²) >= 11 is 0. The predicted octanol–water partition coefficient (Wildman–Crippen LogP) is 0.901. The molecule has 0 aliphatic carbocycles. The molecule has 0 spiro atoms. The minimum atomic E-state index is -3.84. The molecule has 1 heterocycles. The van der Waals surface area contributed by atoms with E-state index < -0.39 is 27.4 Å². The maximum atomic E-state index is 13.2. The van der Waals surface area contributed by atoms with Crippen molar-refractivity contribution in [3.05, 3.63) is 41.2 Å². The molecule has 2 aromatic rings. The van der Waals surface area contributed by atoms with Gasteiger partial charge in [-0.05, 0) is 17.7 Å². The van der Waals surface area contributed by atoms with Crippen LogP contribution in [0.15, 0.2) is 18.2 Å². The fourth-order valence-electron chi connectivity index (χ4n) is 2.01. The van der Waals surface area contributed by atoms with Gasteiger partial charge < -0.3 is 9.80 Å². The van der Waals surface area contributed by atoms with Crippen molar-refractivity contribution < 1.29 is 17.2 Å². The summed E-state index contributed by atoms with van der Waals surface area (Å²) in [6.45, 7) is -0.176. The van der Waals surface area contributed by atoms with Crippen molar-refractivity contribution in [2.45, 2.75) is 12.3 Å². The van der Waals surface area contributed by atoms with E-state index in [2.05, 4.69) is 19.7 Å². The van der Waals surface area contributed by atoms with Crippen molar-refractivity contribution in [3.63, 3.8) is 0 Å². The second-order valence-corrected chi connectivity index (χ2v) is 7.81. The molecule has 0 atom stereocenters. The van der Waals surface area contributed by atoms with Crippen molar-refractivity contribution in [1.82, 2.24) is 19.7 Å². The molecular formula is C15H20F2N6O2S. The van der Waals surface area contributed by atoms with Gasteiger partial charge in [-0.2, -0.15) is 15.0 Å². The number of rotatable bonds is 7. The van der Waals surface area contributed by atoms with E-state index in [1.807, 2.05) is 0 Å². The molecule has 0 unspecified atom stereocenters. The maximum Gasteiger partial charge on any atom is 0.229 e. The lowest BCUT2D eigenvalue weighted by molar-refractivity contribution is 0.573. The van der Waals surface area contributed by atoms with Crippen LogP contribution in [0, 0.1) is 11.6 Å². The fourth-order valence-corrected chi connectivity index (χ4v) is 3.07. The smallest absolute Gasteiger partial charge is 0.229 e. The molecular weight excluding hydrogens is 366 g/mol. The Morgan fingerprint density at radius 2 is 1.42 bits per heavy atom. The van der Waals surface area contributed by atoms with Gasteiger partial charge in [0, 0.05) is 34.3 Å². The Kier molecular flexibility index (Phi) is 6.03. The molecule has 2 rings (SSSR count). The highest BCUT2D eigenvalue weighted by Crippen LogP contribution is 2.13. The van der Waals surface area contributed by atoms with Crippen molar-refractivity contribution in [1.29, 1.82) is 0 Å². The molecule has 0 radical (unpaired) electrons. The summed E-state index contributed by atoms with van der Waals surface area (Å²) in [5.74, 6) is -1.25. The average Bonchev–Trinajstić information content (AvgIpc) is 2.51. The topological polar surface area (TPSA) is 91.3 Å². The van der Waals surface area contributed by atoms with Gasteiger partial charge in [0.1, 0.15) is 11.6 Å². The molecule has 11 heteroatoms. The number of hydrogen-bond acceptors (Lipinski definition) is 7.